The van der Waals surface area contributed by atoms with E-state index in [1.807, 2.05) is 5.38 Å². The summed E-state index contributed by atoms with van der Waals surface area (Å²) in [6, 6.07) is 7.07. The third kappa shape index (κ3) is 4.75. The molecule has 23 heavy (non-hydrogen) atoms. The molecule has 1 N–H and O–H groups in total. The van der Waals surface area contributed by atoms with Crippen LogP contribution in [0.15, 0.2) is 35.8 Å². The zero-order chi connectivity index (χ0) is 15.9. The number of ether oxygens (including phenoxy) is 2. The van der Waals surface area contributed by atoms with Gasteiger partial charge in [-0.3, -0.25) is 9.69 Å². The maximum absolute atomic E-state index is 12.1. The Morgan fingerprint density at radius 2 is 2.09 bits per heavy atom. The number of morpholine rings is 1. The smallest absolute Gasteiger partial charge is 0.278 e. The summed E-state index contributed by atoms with van der Waals surface area (Å²) >= 11 is 1.43. The molecule has 1 aliphatic heterocycles. The first kappa shape index (κ1) is 15.9. The molecule has 2 aromatic rings. The molecule has 0 atom stereocenters. The van der Waals surface area contributed by atoms with E-state index in [0.717, 1.165) is 32.8 Å². The summed E-state index contributed by atoms with van der Waals surface area (Å²) in [5.74, 6) is 0.601. The highest BCUT2D eigenvalue weighted by atomic mass is 32.1. The third-order valence-electron chi connectivity index (χ3n) is 3.55. The van der Waals surface area contributed by atoms with Crippen LogP contribution in [0.2, 0.25) is 0 Å². The van der Waals surface area contributed by atoms with Crippen LogP contribution in [-0.4, -0.2) is 55.2 Å². The lowest BCUT2D eigenvalue weighted by Gasteiger charge is -2.26. The fourth-order valence-corrected chi connectivity index (χ4v) is 2.79. The summed E-state index contributed by atoms with van der Waals surface area (Å²) in [5.41, 5.74) is 0.624. The molecule has 0 saturated carbocycles. The highest BCUT2D eigenvalue weighted by molar-refractivity contribution is 7.11. The van der Waals surface area contributed by atoms with Gasteiger partial charge in [-0.1, -0.05) is 11.3 Å². The molecule has 1 amide bonds. The predicted molar refractivity (Wildman–Crippen MR) is 88.2 cm³/mol. The van der Waals surface area contributed by atoms with Gasteiger partial charge in [0.1, 0.15) is 5.75 Å². The molecule has 0 radical (unpaired) electrons. The van der Waals surface area contributed by atoms with Crippen LogP contribution in [-0.2, 0) is 4.74 Å². The van der Waals surface area contributed by atoms with Crippen LogP contribution in [0.5, 0.6) is 10.9 Å². The third-order valence-corrected chi connectivity index (χ3v) is 4.20. The van der Waals surface area contributed by atoms with Gasteiger partial charge in [-0.25, -0.2) is 4.98 Å². The molecule has 1 aliphatic rings. The number of benzene rings is 1. The molecule has 2 heterocycles. The van der Waals surface area contributed by atoms with Crippen molar-refractivity contribution in [2.24, 2.45) is 0 Å². The monoisotopic (exact) mass is 333 g/mol. The molecule has 0 aliphatic carbocycles. The zero-order valence-corrected chi connectivity index (χ0v) is 13.6. The van der Waals surface area contributed by atoms with E-state index in [0.29, 0.717) is 23.1 Å². The average molecular weight is 333 g/mol. The number of amides is 1. The maximum Gasteiger partial charge on any atom is 0.278 e. The predicted octanol–water partition coefficient (Wildman–Crippen LogP) is 2.00. The molecule has 1 fully saturated rings. The molecule has 0 unspecified atom stereocenters. The van der Waals surface area contributed by atoms with E-state index < -0.39 is 0 Å². The van der Waals surface area contributed by atoms with Crippen molar-refractivity contribution in [2.75, 3.05) is 39.4 Å². The van der Waals surface area contributed by atoms with Gasteiger partial charge < -0.3 is 14.8 Å². The van der Waals surface area contributed by atoms with Gasteiger partial charge >= 0.3 is 0 Å². The van der Waals surface area contributed by atoms with Crippen molar-refractivity contribution in [3.8, 4) is 10.9 Å². The Hall–Kier alpha value is -1.96. The first-order valence-electron chi connectivity index (χ1n) is 7.57. The maximum atomic E-state index is 12.1. The molecule has 7 heteroatoms. The first-order valence-corrected chi connectivity index (χ1v) is 8.45. The number of aromatic nitrogens is 1. The Morgan fingerprint density at radius 3 is 2.78 bits per heavy atom. The molecule has 0 bridgehead atoms. The molecule has 3 rings (SSSR count). The summed E-state index contributed by atoms with van der Waals surface area (Å²) in [7, 11) is 0. The molecular weight excluding hydrogens is 314 g/mol. The summed E-state index contributed by atoms with van der Waals surface area (Å²) < 4.78 is 10.9. The second kappa shape index (κ2) is 8.05. The number of hydrogen-bond acceptors (Lipinski definition) is 6. The molecule has 122 valence electrons. The second-order valence-corrected chi connectivity index (χ2v) is 5.99. The van der Waals surface area contributed by atoms with Gasteiger partial charge in [-0.15, -0.1) is 0 Å². The van der Waals surface area contributed by atoms with Crippen LogP contribution >= 0.6 is 11.3 Å². The van der Waals surface area contributed by atoms with E-state index in [9.17, 15) is 4.79 Å². The summed E-state index contributed by atoms with van der Waals surface area (Å²) in [6.07, 6.45) is 1.69. The standard InChI is InChI=1S/C16H19N3O3S/c20-15(17-5-7-19-8-10-21-11-9-19)13-1-3-14(4-2-13)22-16-18-6-12-23-16/h1-4,6,12H,5,7-11H2,(H,17,20). The molecule has 0 spiro atoms. The van der Waals surface area contributed by atoms with Crippen molar-refractivity contribution >= 4 is 17.2 Å². The molecule has 1 aromatic heterocycles. The number of nitrogens with zero attached hydrogens (tertiary/aromatic N) is 2. The Balaban J connectivity index is 1.45. The van der Waals surface area contributed by atoms with Gasteiger partial charge in [0.15, 0.2) is 0 Å². The van der Waals surface area contributed by atoms with Crippen molar-refractivity contribution in [2.45, 2.75) is 0 Å². The summed E-state index contributed by atoms with van der Waals surface area (Å²) in [5, 5.41) is 5.38. The highest BCUT2D eigenvalue weighted by Gasteiger charge is 2.11. The largest absolute Gasteiger partial charge is 0.431 e. The summed E-state index contributed by atoms with van der Waals surface area (Å²) in [6.45, 7) is 4.89. The fourth-order valence-electron chi connectivity index (χ4n) is 2.29. The van der Waals surface area contributed by atoms with Crippen LogP contribution in [0, 0.1) is 0 Å². The van der Waals surface area contributed by atoms with E-state index >= 15 is 0 Å². The molecular formula is C16H19N3O3S. The van der Waals surface area contributed by atoms with Gasteiger partial charge in [0.25, 0.3) is 11.1 Å². The Morgan fingerprint density at radius 1 is 1.30 bits per heavy atom. The normalized spacial score (nSPS) is 15.3. The van der Waals surface area contributed by atoms with Crippen molar-refractivity contribution in [1.82, 2.24) is 15.2 Å². The van der Waals surface area contributed by atoms with Gasteiger partial charge in [0.05, 0.1) is 13.2 Å². The van der Waals surface area contributed by atoms with E-state index in [4.69, 9.17) is 9.47 Å². The van der Waals surface area contributed by atoms with Crippen LogP contribution in [0.25, 0.3) is 0 Å². The lowest BCUT2D eigenvalue weighted by Crippen LogP contribution is -2.41. The first-order chi connectivity index (χ1) is 11.3. The van der Waals surface area contributed by atoms with E-state index in [1.165, 1.54) is 11.3 Å². The van der Waals surface area contributed by atoms with Crippen LogP contribution in [0.1, 0.15) is 10.4 Å². The number of carbonyl (C=O) groups excluding carboxylic acids is 1. The number of carbonyl (C=O) groups is 1. The minimum Gasteiger partial charge on any atom is -0.431 e. The highest BCUT2D eigenvalue weighted by Crippen LogP contribution is 2.23. The lowest BCUT2D eigenvalue weighted by molar-refractivity contribution is 0.0383. The van der Waals surface area contributed by atoms with Crippen molar-refractivity contribution in [3.05, 3.63) is 41.4 Å². The van der Waals surface area contributed by atoms with Crippen molar-refractivity contribution in [1.29, 1.82) is 0 Å². The molecule has 1 aromatic carbocycles. The number of nitrogens with one attached hydrogen (secondary N) is 1. The van der Waals surface area contributed by atoms with Crippen LogP contribution in [0.3, 0.4) is 0 Å². The fraction of sp³-hybridized carbons (Fsp3) is 0.375. The Kier molecular flexibility index (Phi) is 5.57. The van der Waals surface area contributed by atoms with Crippen LogP contribution < -0.4 is 10.1 Å². The van der Waals surface area contributed by atoms with Gasteiger partial charge in [0.2, 0.25) is 0 Å². The van der Waals surface area contributed by atoms with E-state index in [2.05, 4.69) is 15.2 Å². The topological polar surface area (TPSA) is 63.7 Å². The number of hydrogen-bond donors (Lipinski definition) is 1. The Labute approximate surface area is 139 Å². The van der Waals surface area contributed by atoms with E-state index in [1.54, 1.807) is 30.5 Å². The van der Waals surface area contributed by atoms with Crippen molar-refractivity contribution in [3.63, 3.8) is 0 Å². The van der Waals surface area contributed by atoms with Gasteiger partial charge in [0, 0.05) is 43.3 Å². The number of thiazole rings is 1. The van der Waals surface area contributed by atoms with E-state index in [-0.39, 0.29) is 5.91 Å². The quantitative estimate of drug-likeness (QED) is 0.876. The van der Waals surface area contributed by atoms with Gasteiger partial charge in [-0.2, -0.15) is 0 Å². The molecule has 1 saturated heterocycles. The molecule has 6 nitrogen and oxygen atoms in total. The second-order valence-electron chi connectivity index (χ2n) is 5.13. The van der Waals surface area contributed by atoms with Crippen LogP contribution in [0.4, 0.5) is 0 Å². The lowest BCUT2D eigenvalue weighted by atomic mass is 10.2. The average Bonchev–Trinajstić information content (AvgIpc) is 3.09. The Bertz CT molecular complexity index is 610. The minimum absolute atomic E-state index is 0.0703. The number of rotatable bonds is 6. The summed E-state index contributed by atoms with van der Waals surface area (Å²) in [4.78, 5) is 18.5. The minimum atomic E-state index is -0.0703. The van der Waals surface area contributed by atoms with Crippen molar-refractivity contribution < 1.29 is 14.3 Å². The zero-order valence-electron chi connectivity index (χ0n) is 12.7. The van der Waals surface area contributed by atoms with Gasteiger partial charge in [-0.05, 0) is 24.3 Å². The SMILES string of the molecule is O=C(NCCN1CCOCC1)c1ccc(Oc2nccs2)cc1.